The van der Waals surface area contributed by atoms with Crippen LogP contribution < -0.4 is 10.6 Å². The molecule has 24 heavy (non-hydrogen) atoms. The summed E-state index contributed by atoms with van der Waals surface area (Å²) in [6, 6.07) is 8.68. The molecule has 0 radical (unpaired) electrons. The number of halogens is 2. The summed E-state index contributed by atoms with van der Waals surface area (Å²) < 4.78 is 0. The Kier molecular flexibility index (Phi) is 7.31. The quantitative estimate of drug-likeness (QED) is 0.561. The fraction of sp³-hybridized carbons (Fsp3) is 0.176. The molecule has 0 aliphatic carbocycles. The predicted molar refractivity (Wildman–Crippen MR) is 99.8 cm³/mol. The topological polar surface area (TPSA) is 58.2 Å². The molecule has 2 N–H and O–H groups in total. The summed E-state index contributed by atoms with van der Waals surface area (Å²) in [5, 5.41) is 8.44. The van der Waals surface area contributed by atoms with E-state index in [9.17, 15) is 9.59 Å². The standard InChI is InChI=1S/C17H16Cl2N2O2S/c18-13-6-4-12(14(19)11-13)5-7-16(22)20-8-2-9-21-17(23)15-3-1-10-24-15/h1,3-7,10-11H,2,8-9H2,(H,20,22)(H,21,23). The molecule has 0 spiro atoms. The number of thiophene rings is 1. The lowest BCUT2D eigenvalue weighted by Crippen LogP contribution is -2.28. The van der Waals surface area contributed by atoms with Gasteiger partial charge in [-0.15, -0.1) is 11.3 Å². The molecule has 2 aromatic rings. The van der Waals surface area contributed by atoms with Crippen molar-refractivity contribution >= 4 is 52.4 Å². The van der Waals surface area contributed by atoms with E-state index in [0.29, 0.717) is 34.4 Å². The van der Waals surface area contributed by atoms with Crippen LogP contribution in [0.3, 0.4) is 0 Å². The van der Waals surface area contributed by atoms with Crippen LogP contribution in [0.4, 0.5) is 0 Å². The summed E-state index contributed by atoms with van der Waals surface area (Å²) in [5.74, 6) is -0.306. The molecule has 0 saturated heterocycles. The van der Waals surface area contributed by atoms with Gasteiger partial charge in [0.1, 0.15) is 0 Å². The molecule has 0 fully saturated rings. The molecule has 0 unspecified atom stereocenters. The second-order valence-electron chi connectivity index (χ2n) is 4.88. The van der Waals surface area contributed by atoms with Crippen LogP contribution in [0.25, 0.3) is 6.08 Å². The Morgan fingerprint density at radius 3 is 2.62 bits per heavy atom. The third-order valence-corrected chi connectivity index (χ3v) is 4.49. The second kappa shape index (κ2) is 9.47. The summed E-state index contributed by atoms with van der Waals surface area (Å²) in [5.41, 5.74) is 0.722. The number of benzene rings is 1. The first kappa shape index (κ1) is 18.5. The first-order chi connectivity index (χ1) is 11.6. The molecule has 0 bridgehead atoms. The van der Waals surface area contributed by atoms with Crippen molar-refractivity contribution in [3.63, 3.8) is 0 Å². The summed E-state index contributed by atoms with van der Waals surface area (Å²) >= 11 is 13.2. The lowest BCUT2D eigenvalue weighted by molar-refractivity contribution is -0.116. The van der Waals surface area contributed by atoms with E-state index in [-0.39, 0.29) is 11.8 Å². The van der Waals surface area contributed by atoms with Crippen molar-refractivity contribution < 1.29 is 9.59 Å². The van der Waals surface area contributed by atoms with Gasteiger partial charge in [0.25, 0.3) is 5.91 Å². The van der Waals surface area contributed by atoms with Crippen molar-refractivity contribution in [2.24, 2.45) is 0 Å². The molecule has 1 aromatic carbocycles. The summed E-state index contributed by atoms with van der Waals surface area (Å²) in [7, 11) is 0. The van der Waals surface area contributed by atoms with Crippen molar-refractivity contribution in [3.05, 3.63) is 62.3 Å². The molecule has 2 rings (SSSR count). The minimum absolute atomic E-state index is 0.0893. The normalized spacial score (nSPS) is 10.8. The lowest BCUT2D eigenvalue weighted by atomic mass is 10.2. The third-order valence-electron chi connectivity index (χ3n) is 3.06. The zero-order chi connectivity index (χ0) is 17.4. The highest BCUT2D eigenvalue weighted by molar-refractivity contribution is 7.12. The largest absolute Gasteiger partial charge is 0.352 e. The lowest BCUT2D eigenvalue weighted by Gasteiger charge is -2.04. The minimum atomic E-state index is -0.217. The number of rotatable bonds is 7. The van der Waals surface area contributed by atoms with Crippen LogP contribution in [0.1, 0.15) is 21.7 Å². The van der Waals surface area contributed by atoms with Crippen molar-refractivity contribution in [2.45, 2.75) is 6.42 Å². The first-order valence-corrected chi connectivity index (χ1v) is 8.92. The Balaban J connectivity index is 1.66. The molecule has 0 aliphatic rings. The molecule has 7 heteroatoms. The SMILES string of the molecule is O=C(C=Cc1ccc(Cl)cc1Cl)NCCCNC(=O)c1cccs1. The number of carbonyl (C=O) groups is 2. The van der Waals surface area contributed by atoms with Crippen LogP contribution in [0.2, 0.25) is 10.0 Å². The minimum Gasteiger partial charge on any atom is -0.352 e. The Bertz CT molecular complexity index is 730. The maximum Gasteiger partial charge on any atom is 0.261 e. The average Bonchev–Trinajstić information content (AvgIpc) is 3.08. The van der Waals surface area contributed by atoms with Gasteiger partial charge in [0.2, 0.25) is 5.91 Å². The van der Waals surface area contributed by atoms with Gasteiger partial charge in [-0.05, 0) is 41.6 Å². The number of carbonyl (C=O) groups excluding carboxylic acids is 2. The van der Waals surface area contributed by atoms with Crippen LogP contribution in [0.5, 0.6) is 0 Å². The van der Waals surface area contributed by atoms with E-state index in [1.165, 1.54) is 17.4 Å². The molecule has 0 aliphatic heterocycles. The Labute approximate surface area is 154 Å². The molecule has 0 saturated carbocycles. The van der Waals surface area contributed by atoms with Gasteiger partial charge < -0.3 is 10.6 Å². The van der Waals surface area contributed by atoms with Gasteiger partial charge in [-0.1, -0.05) is 35.3 Å². The van der Waals surface area contributed by atoms with E-state index in [4.69, 9.17) is 23.2 Å². The number of amides is 2. The maximum absolute atomic E-state index is 11.7. The van der Waals surface area contributed by atoms with Gasteiger partial charge in [0, 0.05) is 29.2 Å². The van der Waals surface area contributed by atoms with E-state index in [1.807, 2.05) is 11.4 Å². The van der Waals surface area contributed by atoms with Crippen molar-refractivity contribution in [2.75, 3.05) is 13.1 Å². The summed E-state index contributed by atoms with van der Waals surface area (Å²) in [6.45, 7) is 0.978. The fourth-order valence-corrected chi connectivity index (χ4v) is 2.97. The van der Waals surface area contributed by atoms with Crippen molar-refractivity contribution in [1.82, 2.24) is 10.6 Å². The van der Waals surface area contributed by atoms with Crippen LogP contribution in [0.15, 0.2) is 41.8 Å². The molecule has 2 amide bonds. The maximum atomic E-state index is 11.7. The van der Waals surface area contributed by atoms with E-state index in [0.717, 1.165) is 5.56 Å². The summed E-state index contributed by atoms with van der Waals surface area (Å²) in [4.78, 5) is 24.1. The Morgan fingerprint density at radius 1 is 1.12 bits per heavy atom. The van der Waals surface area contributed by atoms with Crippen molar-refractivity contribution in [1.29, 1.82) is 0 Å². The molecule has 1 heterocycles. The van der Waals surface area contributed by atoms with Gasteiger partial charge >= 0.3 is 0 Å². The van der Waals surface area contributed by atoms with Crippen molar-refractivity contribution in [3.8, 4) is 0 Å². The van der Waals surface area contributed by atoms with Gasteiger partial charge in [-0.3, -0.25) is 9.59 Å². The number of nitrogens with one attached hydrogen (secondary N) is 2. The Hall–Kier alpha value is -1.82. The zero-order valence-electron chi connectivity index (χ0n) is 12.7. The Morgan fingerprint density at radius 2 is 1.92 bits per heavy atom. The average molecular weight is 383 g/mol. The number of hydrogen-bond acceptors (Lipinski definition) is 3. The van der Waals surface area contributed by atoms with E-state index >= 15 is 0 Å². The van der Waals surface area contributed by atoms with Crippen LogP contribution in [-0.4, -0.2) is 24.9 Å². The third kappa shape index (κ3) is 6.00. The monoisotopic (exact) mass is 382 g/mol. The zero-order valence-corrected chi connectivity index (χ0v) is 15.0. The van der Waals surface area contributed by atoms with Crippen LogP contribution in [-0.2, 0) is 4.79 Å². The predicted octanol–water partition coefficient (Wildman–Crippen LogP) is 4.00. The molecule has 0 atom stereocenters. The number of hydrogen-bond donors (Lipinski definition) is 2. The first-order valence-electron chi connectivity index (χ1n) is 7.29. The summed E-state index contributed by atoms with van der Waals surface area (Å²) in [6.07, 6.45) is 3.70. The molecular formula is C17H16Cl2N2O2S. The highest BCUT2D eigenvalue weighted by Crippen LogP contribution is 2.21. The van der Waals surface area contributed by atoms with Crippen LogP contribution >= 0.6 is 34.5 Å². The van der Waals surface area contributed by atoms with Gasteiger partial charge in [0.05, 0.1) is 4.88 Å². The van der Waals surface area contributed by atoms with E-state index in [1.54, 1.807) is 30.3 Å². The molecular weight excluding hydrogens is 367 g/mol. The van der Waals surface area contributed by atoms with Gasteiger partial charge in [0.15, 0.2) is 0 Å². The van der Waals surface area contributed by atoms with E-state index in [2.05, 4.69) is 10.6 Å². The van der Waals surface area contributed by atoms with E-state index < -0.39 is 0 Å². The fourth-order valence-electron chi connectivity index (χ4n) is 1.86. The smallest absolute Gasteiger partial charge is 0.261 e. The van der Waals surface area contributed by atoms with Gasteiger partial charge in [-0.2, -0.15) is 0 Å². The van der Waals surface area contributed by atoms with Gasteiger partial charge in [-0.25, -0.2) is 0 Å². The highest BCUT2D eigenvalue weighted by atomic mass is 35.5. The molecule has 4 nitrogen and oxygen atoms in total. The van der Waals surface area contributed by atoms with Crippen LogP contribution in [0, 0.1) is 0 Å². The molecule has 1 aromatic heterocycles. The highest BCUT2D eigenvalue weighted by Gasteiger charge is 2.04. The molecule has 126 valence electrons. The second-order valence-corrected chi connectivity index (χ2v) is 6.67.